The van der Waals surface area contributed by atoms with Gasteiger partial charge >= 0.3 is 5.97 Å². The highest BCUT2D eigenvalue weighted by atomic mass is 16.5. The fraction of sp³-hybridized carbons (Fsp3) is 0.304. The molecular formula is C23H25NO5. The van der Waals surface area contributed by atoms with E-state index in [4.69, 9.17) is 14.2 Å². The van der Waals surface area contributed by atoms with Gasteiger partial charge in [0.2, 0.25) is 0 Å². The first-order valence-corrected chi connectivity index (χ1v) is 9.49. The SMILES string of the molecule is COc1ccc(CC(=O)OCC(=O)N2CC=C(c3ccccc3)CC2)cc1OC. The maximum atomic E-state index is 12.4. The van der Waals surface area contributed by atoms with E-state index >= 15 is 0 Å². The van der Waals surface area contributed by atoms with Crippen LogP contribution in [0, 0.1) is 0 Å². The van der Waals surface area contributed by atoms with Crippen LogP contribution < -0.4 is 9.47 Å². The number of nitrogens with zero attached hydrogens (tertiary/aromatic N) is 1. The van der Waals surface area contributed by atoms with Gasteiger partial charge in [-0.05, 0) is 35.3 Å². The van der Waals surface area contributed by atoms with Crippen molar-refractivity contribution in [3.63, 3.8) is 0 Å². The maximum absolute atomic E-state index is 12.4. The summed E-state index contributed by atoms with van der Waals surface area (Å²) >= 11 is 0. The van der Waals surface area contributed by atoms with Crippen LogP contribution in [0.5, 0.6) is 11.5 Å². The highest BCUT2D eigenvalue weighted by Crippen LogP contribution is 2.27. The van der Waals surface area contributed by atoms with E-state index in [0.29, 0.717) is 24.6 Å². The van der Waals surface area contributed by atoms with Gasteiger partial charge in [-0.15, -0.1) is 0 Å². The van der Waals surface area contributed by atoms with Crippen molar-refractivity contribution in [2.45, 2.75) is 12.8 Å². The standard InChI is InChI=1S/C23H25NO5/c1-27-20-9-8-17(14-21(20)28-2)15-23(26)29-16-22(25)24-12-10-19(11-13-24)18-6-4-3-5-7-18/h3-10,14H,11-13,15-16H2,1-2H3. The summed E-state index contributed by atoms with van der Waals surface area (Å²) in [5.74, 6) is 0.494. The molecule has 6 heteroatoms. The van der Waals surface area contributed by atoms with E-state index in [0.717, 1.165) is 12.0 Å². The highest BCUT2D eigenvalue weighted by Gasteiger charge is 2.19. The van der Waals surface area contributed by atoms with Crippen LogP contribution in [-0.2, 0) is 20.7 Å². The van der Waals surface area contributed by atoms with E-state index < -0.39 is 5.97 Å². The summed E-state index contributed by atoms with van der Waals surface area (Å²) in [5.41, 5.74) is 3.15. The van der Waals surface area contributed by atoms with Gasteiger partial charge in [0, 0.05) is 13.1 Å². The molecule has 0 spiro atoms. The van der Waals surface area contributed by atoms with Crippen molar-refractivity contribution in [2.75, 3.05) is 33.9 Å². The van der Waals surface area contributed by atoms with Crippen molar-refractivity contribution >= 4 is 17.4 Å². The molecule has 3 rings (SSSR count). The van der Waals surface area contributed by atoms with E-state index in [1.807, 2.05) is 18.2 Å². The average Bonchev–Trinajstić information content (AvgIpc) is 2.78. The molecule has 6 nitrogen and oxygen atoms in total. The van der Waals surface area contributed by atoms with Crippen molar-refractivity contribution in [3.05, 3.63) is 65.7 Å². The van der Waals surface area contributed by atoms with E-state index in [-0.39, 0.29) is 18.9 Å². The third kappa shape index (κ3) is 5.38. The van der Waals surface area contributed by atoms with Crippen molar-refractivity contribution in [1.82, 2.24) is 4.90 Å². The zero-order valence-corrected chi connectivity index (χ0v) is 16.7. The van der Waals surface area contributed by atoms with E-state index in [1.165, 1.54) is 18.2 Å². The third-order valence-corrected chi connectivity index (χ3v) is 4.86. The number of hydrogen-bond acceptors (Lipinski definition) is 5. The van der Waals surface area contributed by atoms with Gasteiger partial charge < -0.3 is 19.1 Å². The number of methoxy groups -OCH3 is 2. The molecule has 0 aliphatic carbocycles. The topological polar surface area (TPSA) is 65.1 Å². The largest absolute Gasteiger partial charge is 0.493 e. The zero-order chi connectivity index (χ0) is 20.6. The lowest BCUT2D eigenvalue weighted by molar-refractivity contribution is -0.151. The summed E-state index contributed by atoms with van der Waals surface area (Å²) < 4.78 is 15.6. The Bertz CT molecular complexity index is 891. The van der Waals surface area contributed by atoms with Gasteiger partial charge in [-0.3, -0.25) is 9.59 Å². The molecule has 0 atom stereocenters. The second-order valence-electron chi connectivity index (χ2n) is 6.71. The van der Waals surface area contributed by atoms with Gasteiger partial charge in [-0.1, -0.05) is 42.5 Å². The molecule has 0 fully saturated rings. The van der Waals surface area contributed by atoms with E-state index in [9.17, 15) is 9.59 Å². The molecular weight excluding hydrogens is 370 g/mol. The lowest BCUT2D eigenvalue weighted by Crippen LogP contribution is -2.37. The summed E-state index contributed by atoms with van der Waals surface area (Å²) in [6.45, 7) is 0.893. The van der Waals surface area contributed by atoms with Crippen LogP contribution in [0.3, 0.4) is 0 Å². The maximum Gasteiger partial charge on any atom is 0.310 e. The Hall–Kier alpha value is -3.28. The Morgan fingerprint density at radius 1 is 1.00 bits per heavy atom. The van der Waals surface area contributed by atoms with Crippen molar-refractivity contribution in [2.24, 2.45) is 0 Å². The number of rotatable bonds is 7. The van der Waals surface area contributed by atoms with Crippen LogP contribution in [0.15, 0.2) is 54.6 Å². The van der Waals surface area contributed by atoms with Crippen LogP contribution in [0.25, 0.3) is 5.57 Å². The monoisotopic (exact) mass is 395 g/mol. The number of esters is 1. The minimum absolute atomic E-state index is 0.0612. The van der Waals surface area contributed by atoms with Gasteiger partial charge in [-0.2, -0.15) is 0 Å². The van der Waals surface area contributed by atoms with E-state index in [2.05, 4.69) is 18.2 Å². The summed E-state index contributed by atoms with van der Waals surface area (Å²) in [5, 5.41) is 0. The Morgan fingerprint density at radius 2 is 1.76 bits per heavy atom. The second kappa shape index (κ2) is 9.78. The highest BCUT2D eigenvalue weighted by molar-refractivity contribution is 5.82. The molecule has 0 aromatic heterocycles. The number of benzene rings is 2. The fourth-order valence-electron chi connectivity index (χ4n) is 3.25. The van der Waals surface area contributed by atoms with Crippen molar-refractivity contribution in [1.29, 1.82) is 0 Å². The van der Waals surface area contributed by atoms with Crippen molar-refractivity contribution < 1.29 is 23.8 Å². The van der Waals surface area contributed by atoms with Crippen LogP contribution >= 0.6 is 0 Å². The average molecular weight is 395 g/mol. The molecule has 0 unspecified atom stereocenters. The lowest BCUT2D eigenvalue weighted by Gasteiger charge is -2.26. The summed E-state index contributed by atoms with van der Waals surface area (Å²) in [6.07, 6.45) is 2.91. The van der Waals surface area contributed by atoms with E-state index in [1.54, 1.807) is 30.2 Å². The molecule has 0 saturated carbocycles. The van der Waals surface area contributed by atoms with Crippen LogP contribution in [0.2, 0.25) is 0 Å². The van der Waals surface area contributed by atoms with Crippen LogP contribution in [-0.4, -0.2) is 50.7 Å². The smallest absolute Gasteiger partial charge is 0.310 e. The Labute approximate surface area is 170 Å². The first kappa shape index (κ1) is 20.5. The predicted molar refractivity (Wildman–Crippen MR) is 110 cm³/mol. The molecule has 29 heavy (non-hydrogen) atoms. The molecule has 0 N–H and O–H groups in total. The Morgan fingerprint density at radius 3 is 2.41 bits per heavy atom. The molecule has 0 saturated heterocycles. The number of carbonyl (C=O) groups excluding carboxylic acids is 2. The van der Waals surface area contributed by atoms with Gasteiger partial charge in [0.05, 0.1) is 20.6 Å². The molecule has 1 aliphatic rings. The number of ether oxygens (including phenoxy) is 3. The van der Waals surface area contributed by atoms with Gasteiger partial charge in [0.15, 0.2) is 18.1 Å². The molecule has 2 aromatic rings. The van der Waals surface area contributed by atoms with Crippen LogP contribution in [0.4, 0.5) is 0 Å². The van der Waals surface area contributed by atoms with Gasteiger partial charge in [0.25, 0.3) is 5.91 Å². The Kier molecular flexibility index (Phi) is 6.89. The number of hydrogen-bond donors (Lipinski definition) is 0. The molecule has 2 aromatic carbocycles. The first-order chi connectivity index (χ1) is 14.1. The molecule has 1 heterocycles. The summed E-state index contributed by atoms with van der Waals surface area (Å²) in [6, 6.07) is 15.4. The molecule has 1 amide bonds. The van der Waals surface area contributed by atoms with Crippen molar-refractivity contribution in [3.8, 4) is 11.5 Å². The molecule has 0 bridgehead atoms. The normalized spacial score (nSPS) is 13.4. The number of amides is 1. The predicted octanol–water partition coefficient (Wildman–Crippen LogP) is 3.11. The van der Waals surface area contributed by atoms with Gasteiger partial charge in [-0.25, -0.2) is 0 Å². The Balaban J connectivity index is 1.48. The summed E-state index contributed by atoms with van der Waals surface area (Å²) in [4.78, 5) is 26.2. The molecule has 152 valence electrons. The lowest BCUT2D eigenvalue weighted by atomic mass is 10.00. The fourth-order valence-corrected chi connectivity index (χ4v) is 3.25. The first-order valence-electron chi connectivity index (χ1n) is 9.49. The molecule has 0 radical (unpaired) electrons. The summed E-state index contributed by atoms with van der Waals surface area (Å²) in [7, 11) is 3.09. The van der Waals surface area contributed by atoms with Crippen LogP contribution in [0.1, 0.15) is 17.5 Å². The third-order valence-electron chi connectivity index (χ3n) is 4.86. The second-order valence-corrected chi connectivity index (χ2v) is 6.71. The zero-order valence-electron chi connectivity index (χ0n) is 16.7. The number of carbonyl (C=O) groups is 2. The molecule has 1 aliphatic heterocycles. The minimum atomic E-state index is -0.455. The minimum Gasteiger partial charge on any atom is -0.493 e. The van der Waals surface area contributed by atoms with Gasteiger partial charge in [0.1, 0.15) is 0 Å². The quantitative estimate of drug-likeness (QED) is 0.674.